The van der Waals surface area contributed by atoms with Gasteiger partial charge in [-0.05, 0) is 56.9 Å². The second-order valence-electron chi connectivity index (χ2n) is 7.60. The SMILES string of the molecule is Cc1cc(C)n(Cc2cccc(C(=O)NC(C)(CN)CC(C)C)c2)n1.Cl. The van der Waals surface area contributed by atoms with Crippen LogP contribution in [-0.2, 0) is 6.54 Å². The maximum absolute atomic E-state index is 12.7. The molecule has 0 aliphatic heterocycles. The molecule has 144 valence electrons. The van der Waals surface area contributed by atoms with Gasteiger partial charge >= 0.3 is 0 Å². The number of carbonyl (C=O) groups excluding carboxylic acids is 1. The number of aryl methyl sites for hydroxylation is 2. The van der Waals surface area contributed by atoms with E-state index < -0.39 is 5.54 Å². The minimum absolute atomic E-state index is 0. The molecule has 1 heterocycles. The van der Waals surface area contributed by atoms with Crippen molar-refractivity contribution >= 4 is 18.3 Å². The first-order chi connectivity index (χ1) is 11.7. The van der Waals surface area contributed by atoms with Gasteiger partial charge in [-0.3, -0.25) is 9.48 Å². The summed E-state index contributed by atoms with van der Waals surface area (Å²) in [5.74, 6) is 0.384. The first kappa shape index (κ1) is 22.2. The Hall–Kier alpha value is -1.85. The summed E-state index contributed by atoms with van der Waals surface area (Å²) in [6.45, 7) is 11.4. The van der Waals surface area contributed by atoms with Gasteiger partial charge in [-0.2, -0.15) is 5.10 Å². The first-order valence-corrected chi connectivity index (χ1v) is 8.85. The summed E-state index contributed by atoms with van der Waals surface area (Å²) in [5, 5.41) is 7.60. The first-order valence-electron chi connectivity index (χ1n) is 8.85. The average Bonchev–Trinajstić information content (AvgIpc) is 2.84. The van der Waals surface area contributed by atoms with Crippen LogP contribution in [0.4, 0.5) is 0 Å². The molecule has 0 radical (unpaired) electrons. The lowest BCUT2D eigenvalue weighted by atomic mass is 9.90. The monoisotopic (exact) mass is 378 g/mol. The Kier molecular flexibility index (Phi) is 7.85. The van der Waals surface area contributed by atoms with E-state index in [0.29, 0.717) is 24.6 Å². The van der Waals surface area contributed by atoms with Gasteiger partial charge in [0, 0.05) is 23.3 Å². The smallest absolute Gasteiger partial charge is 0.251 e. The highest BCUT2D eigenvalue weighted by Gasteiger charge is 2.26. The van der Waals surface area contributed by atoms with Gasteiger partial charge in [-0.25, -0.2) is 0 Å². The van der Waals surface area contributed by atoms with Crippen molar-refractivity contribution in [2.24, 2.45) is 11.7 Å². The number of hydrogen-bond donors (Lipinski definition) is 2. The lowest BCUT2D eigenvalue weighted by Crippen LogP contribution is -2.52. The molecular weight excluding hydrogens is 348 g/mol. The molecule has 2 rings (SSSR count). The quantitative estimate of drug-likeness (QED) is 0.774. The molecule has 0 aliphatic rings. The van der Waals surface area contributed by atoms with Gasteiger partial charge < -0.3 is 11.1 Å². The van der Waals surface area contributed by atoms with Crippen LogP contribution < -0.4 is 11.1 Å². The topological polar surface area (TPSA) is 72.9 Å². The lowest BCUT2D eigenvalue weighted by Gasteiger charge is -2.31. The predicted molar refractivity (Wildman–Crippen MR) is 109 cm³/mol. The highest BCUT2D eigenvalue weighted by molar-refractivity contribution is 5.94. The molecule has 0 fully saturated rings. The molecule has 3 N–H and O–H groups in total. The Bertz CT molecular complexity index is 741. The van der Waals surface area contributed by atoms with Crippen LogP contribution in [0.3, 0.4) is 0 Å². The Labute approximate surface area is 162 Å². The van der Waals surface area contributed by atoms with E-state index in [0.717, 1.165) is 23.4 Å². The number of nitrogens with two attached hydrogens (primary N) is 1. The number of carbonyl (C=O) groups is 1. The number of benzene rings is 1. The number of aromatic nitrogens is 2. The zero-order valence-corrected chi connectivity index (χ0v) is 17.2. The van der Waals surface area contributed by atoms with Crippen LogP contribution in [0.1, 0.15) is 54.5 Å². The molecule has 1 amide bonds. The fraction of sp³-hybridized carbons (Fsp3) is 0.500. The molecule has 26 heavy (non-hydrogen) atoms. The zero-order valence-electron chi connectivity index (χ0n) is 16.4. The second kappa shape index (κ2) is 9.19. The van der Waals surface area contributed by atoms with E-state index in [4.69, 9.17) is 5.73 Å². The molecule has 2 aromatic rings. The van der Waals surface area contributed by atoms with Gasteiger partial charge in [0.15, 0.2) is 0 Å². The molecular formula is C20H31ClN4O. The van der Waals surface area contributed by atoms with Gasteiger partial charge in [0.2, 0.25) is 0 Å². The summed E-state index contributed by atoms with van der Waals surface area (Å²) in [5.41, 5.74) is 9.33. The molecule has 0 bridgehead atoms. The number of nitrogens with zero attached hydrogens (tertiary/aromatic N) is 2. The van der Waals surface area contributed by atoms with Crippen LogP contribution in [0, 0.1) is 19.8 Å². The minimum Gasteiger partial charge on any atom is -0.346 e. The van der Waals surface area contributed by atoms with Crippen molar-refractivity contribution in [3.8, 4) is 0 Å². The maximum Gasteiger partial charge on any atom is 0.251 e. The van der Waals surface area contributed by atoms with E-state index in [9.17, 15) is 4.79 Å². The van der Waals surface area contributed by atoms with Gasteiger partial charge in [0.1, 0.15) is 0 Å². The number of rotatable bonds is 7. The number of amides is 1. The third kappa shape index (κ3) is 5.85. The van der Waals surface area contributed by atoms with Crippen molar-refractivity contribution in [3.05, 3.63) is 52.8 Å². The van der Waals surface area contributed by atoms with E-state index in [1.165, 1.54) is 0 Å². The van der Waals surface area contributed by atoms with Crippen molar-refractivity contribution in [2.75, 3.05) is 6.54 Å². The number of hydrogen-bond acceptors (Lipinski definition) is 3. The van der Waals surface area contributed by atoms with Crippen molar-refractivity contribution in [1.82, 2.24) is 15.1 Å². The summed E-state index contributed by atoms with van der Waals surface area (Å²) >= 11 is 0. The summed E-state index contributed by atoms with van der Waals surface area (Å²) in [6, 6.07) is 9.75. The molecule has 1 aromatic heterocycles. The molecule has 0 aliphatic carbocycles. The second-order valence-corrected chi connectivity index (χ2v) is 7.60. The van der Waals surface area contributed by atoms with Crippen LogP contribution >= 0.6 is 12.4 Å². The van der Waals surface area contributed by atoms with Gasteiger partial charge in [-0.15, -0.1) is 12.4 Å². The molecule has 1 atom stereocenters. The molecule has 0 spiro atoms. The highest BCUT2D eigenvalue weighted by Crippen LogP contribution is 2.17. The third-order valence-corrected chi connectivity index (χ3v) is 4.35. The molecule has 0 saturated carbocycles. The average molecular weight is 379 g/mol. The zero-order chi connectivity index (χ0) is 18.6. The Morgan fingerprint density at radius 3 is 2.54 bits per heavy atom. The van der Waals surface area contributed by atoms with Crippen LogP contribution in [0.25, 0.3) is 0 Å². The van der Waals surface area contributed by atoms with Crippen LogP contribution in [0.2, 0.25) is 0 Å². The third-order valence-electron chi connectivity index (χ3n) is 4.35. The summed E-state index contributed by atoms with van der Waals surface area (Å²) in [6.07, 6.45) is 0.848. The minimum atomic E-state index is -0.392. The summed E-state index contributed by atoms with van der Waals surface area (Å²) in [4.78, 5) is 12.7. The van der Waals surface area contributed by atoms with E-state index in [1.54, 1.807) is 0 Å². The van der Waals surface area contributed by atoms with Crippen LogP contribution in [-0.4, -0.2) is 27.8 Å². The number of nitrogens with one attached hydrogen (secondary N) is 1. The van der Waals surface area contributed by atoms with E-state index in [1.807, 2.05) is 49.7 Å². The van der Waals surface area contributed by atoms with Crippen molar-refractivity contribution in [2.45, 2.75) is 53.1 Å². The van der Waals surface area contributed by atoms with E-state index in [-0.39, 0.29) is 18.3 Å². The molecule has 1 aromatic carbocycles. The molecule has 0 saturated heterocycles. The Morgan fingerprint density at radius 2 is 2.00 bits per heavy atom. The van der Waals surface area contributed by atoms with Crippen LogP contribution in [0.15, 0.2) is 30.3 Å². The Balaban J connectivity index is 0.00000338. The van der Waals surface area contributed by atoms with Crippen molar-refractivity contribution < 1.29 is 4.79 Å². The Morgan fingerprint density at radius 1 is 1.31 bits per heavy atom. The van der Waals surface area contributed by atoms with E-state index in [2.05, 4.69) is 30.3 Å². The predicted octanol–water partition coefficient (Wildman–Crippen LogP) is 3.46. The van der Waals surface area contributed by atoms with Gasteiger partial charge in [0.05, 0.1) is 12.2 Å². The fourth-order valence-electron chi connectivity index (χ4n) is 3.25. The highest BCUT2D eigenvalue weighted by atomic mass is 35.5. The van der Waals surface area contributed by atoms with Crippen LogP contribution in [0.5, 0.6) is 0 Å². The molecule has 5 nitrogen and oxygen atoms in total. The number of halogens is 1. The lowest BCUT2D eigenvalue weighted by molar-refractivity contribution is 0.0898. The maximum atomic E-state index is 12.7. The van der Waals surface area contributed by atoms with Gasteiger partial charge in [0.25, 0.3) is 5.91 Å². The van der Waals surface area contributed by atoms with Crippen molar-refractivity contribution in [1.29, 1.82) is 0 Å². The summed E-state index contributed by atoms with van der Waals surface area (Å²) < 4.78 is 1.95. The van der Waals surface area contributed by atoms with Gasteiger partial charge in [-0.1, -0.05) is 26.0 Å². The largest absolute Gasteiger partial charge is 0.346 e. The molecule has 6 heteroatoms. The fourth-order valence-corrected chi connectivity index (χ4v) is 3.25. The standard InChI is InChI=1S/C20H30N4O.ClH/c1-14(2)11-20(5,13-21)22-19(25)18-8-6-7-17(10-18)12-24-16(4)9-15(3)23-24;/h6-10,14H,11-13,21H2,1-5H3,(H,22,25);1H. The normalized spacial score (nSPS) is 13.2. The summed E-state index contributed by atoms with van der Waals surface area (Å²) in [7, 11) is 0. The van der Waals surface area contributed by atoms with Crippen molar-refractivity contribution in [3.63, 3.8) is 0 Å². The van der Waals surface area contributed by atoms with E-state index >= 15 is 0 Å². The molecule has 1 unspecified atom stereocenters.